The number of rotatable bonds is 6. The normalized spacial score (nSPS) is 19.9. The Labute approximate surface area is 226 Å². The molecule has 1 aliphatic carbocycles. The Bertz CT molecular complexity index is 1520. The number of nitro benzene ring substituents is 1. The highest BCUT2D eigenvalue weighted by atomic mass is 32.2. The van der Waals surface area contributed by atoms with Crippen molar-refractivity contribution in [3.05, 3.63) is 69.9 Å². The van der Waals surface area contributed by atoms with Gasteiger partial charge in [0.25, 0.3) is 5.69 Å². The molecule has 39 heavy (non-hydrogen) atoms. The average molecular weight is 555 g/mol. The van der Waals surface area contributed by atoms with Crippen molar-refractivity contribution in [2.45, 2.75) is 68.9 Å². The molecule has 2 heterocycles. The molecule has 1 aromatic heterocycles. The Morgan fingerprint density at radius 3 is 2.56 bits per heavy atom. The van der Waals surface area contributed by atoms with Crippen LogP contribution in [-0.2, 0) is 26.5 Å². The van der Waals surface area contributed by atoms with Crippen molar-refractivity contribution >= 4 is 33.2 Å². The average Bonchev–Trinajstić information content (AvgIpc) is 3.57. The summed E-state index contributed by atoms with van der Waals surface area (Å²) in [7, 11) is -3.25. The van der Waals surface area contributed by atoms with Crippen LogP contribution >= 0.6 is 0 Å². The number of nitrogens with one attached hydrogen (secondary N) is 1. The van der Waals surface area contributed by atoms with E-state index >= 15 is 0 Å². The van der Waals surface area contributed by atoms with E-state index in [0.29, 0.717) is 29.8 Å². The molecule has 3 aromatic rings. The molecule has 1 N–H and O–H groups in total. The standard InChI is InChI=1S/C27H30N4O7S/c1-27(2,3)30-25(28-19-6-4-17-12-13-39(35,36)24(17)15-19)16-23(29-30)18-5-9-22(14-18)38-26(32)37-21-10-7-20(8-11-21)31(33)34/h4,6-8,10-11,15-16,18,22,28H,5,9,12-14H2,1-3H3/t18-,22+/m0/s1. The van der Waals surface area contributed by atoms with E-state index in [4.69, 9.17) is 14.6 Å². The van der Waals surface area contributed by atoms with E-state index in [1.54, 1.807) is 6.07 Å². The first kappa shape index (κ1) is 26.7. The fourth-order valence-electron chi connectivity index (χ4n) is 5.04. The largest absolute Gasteiger partial charge is 0.514 e. The van der Waals surface area contributed by atoms with Crippen LogP contribution in [0.1, 0.15) is 57.2 Å². The van der Waals surface area contributed by atoms with Gasteiger partial charge < -0.3 is 14.8 Å². The van der Waals surface area contributed by atoms with Gasteiger partial charge in [-0.3, -0.25) is 10.1 Å². The first-order chi connectivity index (χ1) is 18.4. The zero-order valence-electron chi connectivity index (χ0n) is 21.9. The number of nitro groups is 1. The van der Waals surface area contributed by atoms with Gasteiger partial charge in [0.2, 0.25) is 0 Å². The second-order valence-electron chi connectivity index (χ2n) is 10.9. The van der Waals surface area contributed by atoms with E-state index in [2.05, 4.69) is 5.32 Å². The number of aromatic nitrogens is 2. The number of non-ortho nitro benzene ring substituents is 1. The van der Waals surface area contributed by atoms with Crippen LogP contribution < -0.4 is 10.1 Å². The van der Waals surface area contributed by atoms with E-state index in [-0.39, 0.29) is 34.8 Å². The number of carbonyl (C=O) groups is 1. The molecule has 2 aromatic carbocycles. The van der Waals surface area contributed by atoms with Crippen molar-refractivity contribution in [3.63, 3.8) is 0 Å². The van der Waals surface area contributed by atoms with Gasteiger partial charge in [0.1, 0.15) is 17.7 Å². The molecule has 0 bridgehead atoms. The first-order valence-electron chi connectivity index (χ1n) is 12.7. The van der Waals surface area contributed by atoms with Crippen LogP contribution in [0.3, 0.4) is 0 Å². The number of hydrogen-bond donors (Lipinski definition) is 1. The molecule has 1 aliphatic heterocycles. The second kappa shape index (κ2) is 9.99. The Morgan fingerprint density at radius 2 is 1.87 bits per heavy atom. The number of carbonyl (C=O) groups excluding carboxylic acids is 1. The van der Waals surface area contributed by atoms with Crippen LogP contribution in [0, 0.1) is 10.1 Å². The van der Waals surface area contributed by atoms with E-state index in [9.17, 15) is 23.3 Å². The minimum Gasteiger partial charge on any atom is -0.431 e. The molecule has 1 saturated carbocycles. The maximum absolute atomic E-state index is 12.4. The van der Waals surface area contributed by atoms with Crippen molar-refractivity contribution in [2.75, 3.05) is 11.1 Å². The van der Waals surface area contributed by atoms with Crippen LogP contribution in [0.5, 0.6) is 5.75 Å². The fraction of sp³-hybridized carbons (Fsp3) is 0.407. The van der Waals surface area contributed by atoms with Gasteiger partial charge >= 0.3 is 6.16 Å². The molecule has 0 saturated heterocycles. The highest BCUT2D eigenvalue weighted by Gasteiger charge is 2.33. The van der Waals surface area contributed by atoms with Gasteiger partial charge in [-0.15, -0.1) is 0 Å². The third kappa shape index (κ3) is 5.75. The third-order valence-corrected chi connectivity index (χ3v) is 8.78. The van der Waals surface area contributed by atoms with Gasteiger partial charge in [0.15, 0.2) is 9.84 Å². The molecule has 0 unspecified atom stereocenters. The molecule has 2 aliphatic rings. The van der Waals surface area contributed by atoms with Crippen LogP contribution in [-0.4, -0.2) is 41.1 Å². The lowest BCUT2D eigenvalue weighted by Crippen LogP contribution is -2.24. The molecule has 2 atom stereocenters. The number of fused-ring (bicyclic) bond motifs is 1. The molecular formula is C27H30N4O7S. The van der Waals surface area contributed by atoms with Crippen molar-refractivity contribution in [1.82, 2.24) is 9.78 Å². The van der Waals surface area contributed by atoms with Crippen LogP contribution in [0.4, 0.5) is 22.0 Å². The zero-order chi connectivity index (χ0) is 27.9. The minimum atomic E-state index is -3.25. The molecule has 11 nitrogen and oxygen atoms in total. The van der Waals surface area contributed by atoms with E-state index in [1.165, 1.54) is 24.3 Å². The Morgan fingerprint density at radius 1 is 1.13 bits per heavy atom. The summed E-state index contributed by atoms with van der Waals surface area (Å²) in [6, 6.07) is 12.6. The van der Waals surface area contributed by atoms with Gasteiger partial charge in [-0.25, -0.2) is 17.9 Å². The lowest BCUT2D eigenvalue weighted by Gasteiger charge is -2.23. The fourth-order valence-corrected chi connectivity index (χ4v) is 6.62. The predicted octanol–water partition coefficient (Wildman–Crippen LogP) is 5.47. The van der Waals surface area contributed by atoms with Gasteiger partial charge in [-0.1, -0.05) is 6.07 Å². The molecule has 1 fully saturated rings. The van der Waals surface area contributed by atoms with Gasteiger partial charge in [-0.2, -0.15) is 5.10 Å². The highest BCUT2D eigenvalue weighted by Crippen LogP contribution is 2.38. The van der Waals surface area contributed by atoms with Crippen molar-refractivity contribution in [2.24, 2.45) is 0 Å². The summed E-state index contributed by atoms with van der Waals surface area (Å²) < 4.78 is 37.4. The monoisotopic (exact) mass is 554 g/mol. The number of hydrogen-bond acceptors (Lipinski definition) is 9. The summed E-state index contributed by atoms with van der Waals surface area (Å²) in [4.78, 5) is 22.9. The molecule has 0 spiro atoms. The number of ether oxygens (including phenoxy) is 2. The Hall–Kier alpha value is -3.93. The van der Waals surface area contributed by atoms with Crippen LogP contribution in [0.25, 0.3) is 0 Å². The highest BCUT2D eigenvalue weighted by molar-refractivity contribution is 7.91. The summed E-state index contributed by atoms with van der Waals surface area (Å²) in [5.74, 6) is 1.11. The molecule has 0 radical (unpaired) electrons. The summed E-state index contributed by atoms with van der Waals surface area (Å²) >= 11 is 0. The Balaban J connectivity index is 1.26. The summed E-state index contributed by atoms with van der Waals surface area (Å²) in [5.41, 5.74) is 1.94. The lowest BCUT2D eigenvalue weighted by atomic mass is 10.0. The third-order valence-electron chi connectivity index (χ3n) is 6.99. The topological polar surface area (TPSA) is 143 Å². The number of anilines is 2. The van der Waals surface area contributed by atoms with E-state index in [0.717, 1.165) is 23.5 Å². The van der Waals surface area contributed by atoms with Gasteiger partial charge in [0, 0.05) is 29.8 Å². The van der Waals surface area contributed by atoms with Crippen LogP contribution in [0.15, 0.2) is 53.4 Å². The number of benzene rings is 2. The maximum Gasteiger partial charge on any atom is 0.514 e. The predicted molar refractivity (Wildman–Crippen MR) is 143 cm³/mol. The van der Waals surface area contributed by atoms with Gasteiger partial charge in [-0.05, 0) is 76.3 Å². The Kier molecular flexibility index (Phi) is 6.83. The molecule has 0 amide bonds. The number of sulfone groups is 1. The van der Waals surface area contributed by atoms with Crippen molar-refractivity contribution in [3.8, 4) is 5.75 Å². The second-order valence-corrected chi connectivity index (χ2v) is 13.0. The first-order valence-corrected chi connectivity index (χ1v) is 14.4. The van der Waals surface area contributed by atoms with Crippen molar-refractivity contribution < 1.29 is 27.6 Å². The number of nitrogens with zero attached hydrogens (tertiary/aromatic N) is 3. The maximum atomic E-state index is 12.4. The smallest absolute Gasteiger partial charge is 0.431 e. The quantitative estimate of drug-likeness (QED) is 0.181. The SMILES string of the molecule is CC(C)(C)n1nc([C@H]2CC[C@@H](OC(=O)Oc3ccc([N+](=O)[O-])cc3)C2)cc1Nc1ccc2c(c1)S(=O)(=O)CC2. The molecule has 206 valence electrons. The lowest BCUT2D eigenvalue weighted by molar-refractivity contribution is -0.384. The van der Waals surface area contributed by atoms with E-state index in [1.807, 2.05) is 43.7 Å². The summed E-state index contributed by atoms with van der Waals surface area (Å²) in [6.45, 7) is 6.12. The summed E-state index contributed by atoms with van der Waals surface area (Å²) in [5, 5.41) is 19.0. The summed E-state index contributed by atoms with van der Waals surface area (Å²) in [6.07, 6.45) is 1.32. The van der Waals surface area contributed by atoms with Gasteiger partial charge in [0.05, 0.1) is 26.8 Å². The molecule has 5 rings (SSSR count). The molecular weight excluding hydrogens is 524 g/mol. The zero-order valence-corrected chi connectivity index (χ0v) is 22.7. The minimum absolute atomic E-state index is 0.0618. The van der Waals surface area contributed by atoms with E-state index < -0.39 is 20.9 Å². The van der Waals surface area contributed by atoms with Crippen LogP contribution in [0.2, 0.25) is 0 Å². The van der Waals surface area contributed by atoms with Crippen molar-refractivity contribution in [1.29, 1.82) is 0 Å². The molecule has 12 heteroatoms. The number of aryl methyl sites for hydroxylation is 1.